The summed E-state index contributed by atoms with van der Waals surface area (Å²) in [6.45, 7) is 2.04. The minimum atomic E-state index is -1.26. The number of carbonyl (C=O) groups is 2. The van der Waals surface area contributed by atoms with E-state index in [1.54, 1.807) is 26.1 Å². The zero-order valence-corrected chi connectivity index (χ0v) is 11.0. The molecule has 2 heterocycles. The van der Waals surface area contributed by atoms with Crippen LogP contribution in [-0.4, -0.2) is 42.0 Å². The summed E-state index contributed by atoms with van der Waals surface area (Å²) in [5, 5.41) is 12.9. The SMILES string of the molecule is CN1CC(C(=O)NCC(C)(O)c2ccco2)CC1=O. The van der Waals surface area contributed by atoms with Gasteiger partial charge in [-0.25, -0.2) is 0 Å². The Kier molecular flexibility index (Phi) is 3.61. The fraction of sp³-hybridized carbons (Fsp3) is 0.538. The summed E-state index contributed by atoms with van der Waals surface area (Å²) in [5.41, 5.74) is -1.26. The molecule has 0 spiro atoms. The van der Waals surface area contributed by atoms with Crippen molar-refractivity contribution in [1.82, 2.24) is 10.2 Å². The number of hydrogen-bond acceptors (Lipinski definition) is 4. The fourth-order valence-corrected chi connectivity index (χ4v) is 2.11. The summed E-state index contributed by atoms with van der Waals surface area (Å²) in [7, 11) is 1.68. The Bertz CT molecular complexity index is 467. The topological polar surface area (TPSA) is 82.8 Å². The number of nitrogens with one attached hydrogen (secondary N) is 1. The highest BCUT2D eigenvalue weighted by Gasteiger charge is 2.34. The second kappa shape index (κ2) is 5.05. The maximum absolute atomic E-state index is 11.9. The van der Waals surface area contributed by atoms with Crippen molar-refractivity contribution in [1.29, 1.82) is 0 Å². The van der Waals surface area contributed by atoms with Gasteiger partial charge >= 0.3 is 0 Å². The normalized spacial score (nSPS) is 22.4. The lowest BCUT2D eigenvalue weighted by molar-refractivity contribution is -0.128. The van der Waals surface area contributed by atoms with Crippen LogP contribution in [0.3, 0.4) is 0 Å². The van der Waals surface area contributed by atoms with Crippen LogP contribution in [0.25, 0.3) is 0 Å². The van der Waals surface area contributed by atoms with Gasteiger partial charge in [0.25, 0.3) is 0 Å². The van der Waals surface area contributed by atoms with Gasteiger partial charge < -0.3 is 19.7 Å². The smallest absolute Gasteiger partial charge is 0.225 e. The van der Waals surface area contributed by atoms with Gasteiger partial charge in [-0.3, -0.25) is 9.59 Å². The molecule has 2 amide bonds. The third-order valence-corrected chi connectivity index (χ3v) is 3.37. The van der Waals surface area contributed by atoms with Crippen LogP contribution in [0.2, 0.25) is 0 Å². The molecule has 1 saturated heterocycles. The van der Waals surface area contributed by atoms with E-state index in [1.807, 2.05) is 0 Å². The van der Waals surface area contributed by atoms with Gasteiger partial charge in [-0.1, -0.05) is 0 Å². The van der Waals surface area contributed by atoms with Gasteiger partial charge in [0.05, 0.1) is 18.7 Å². The van der Waals surface area contributed by atoms with Crippen LogP contribution in [0.1, 0.15) is 19.1 Å². The average molecular weight is 266 g/mol. The molecule has 2 N–H and O–H groups in total. The monoisotopic (exact) mass is 266 g/mol. The zero-order valence-electron chi connectivity index (χ0n) is 11.0. The van der Waals surface area contributed by atoms with Crippen LogP contribution < -0.4 is 5.32 Å². The highest BCUT2D eigenvalue weighted by Crippen LogP contribution is 2.21. The highest BCUT2D eigenvalue weighted by molar-refractivity contribution is 5.89. The number of furan rings is 1. The molecule has 1 aromatic rings. The quantitative estimate of drug-likeness (QED) is 0.808. The minimum Gasteiger partial charge on any atom is -0.466 e. The van der Waals surface area contributed by atoms with E-state index in [0.29, 0.717) is 12.3 Å². The van der Waals surface area contributed by atoms with Gasteiger partial charge in [0.15, 0.2) is 0 Å². The number of carbonyl (C=O) groups excluding carboxylic acids is 2. The van der Waals surface area contributed by atoms with Crippen LogP contribution in [0.15, 0.2) is 22.8 Å². The van der Waals surface area contributed by atoms with E-state index in [9.17, 15) is 14.7 Å². The maximum atomic E-state index is 11.9. The summed E-state index contributed by atoms with van der Waals surface area (Å²) in [4.78, 5) is 24.8. The largest absolute Gasteiger partial charge is 0.466 e. The van der Waals surface area contributed by atoms with Gasteiger partial charge in [-0.15, -0.1) is 0 Å². The van der Waals surface area contributed by atoms with E-state index < -0.39 is 5.60 Å². The summed E-state index contributed by atoms with van der Waals surface area (Å²) in [5.74, 6) is -0.195. The molecule has 1 fully saturated rings. The van der Waals surface area contributed by atoms with E-state index in [4.69, 9.17) is 4.42 Å². The van der Waals surface area contributed by atoms with Gasteiger partial charge in [0.2, 0.25) is 11.8 Å². The molecule has 1 aliphatic rings. The first-order chi connectivity index (χ1) is 8.90. The van der Waals surface area contributed by atoms with Crippen LogP contribution in [0, 0.1) is 5.92 Å². The lowest BCUT2D eigenvalue weighted by Crippen LogP contribution is -2.41. The van der Waals surface area contributed by atoms with Crippen molar-refractivity contribution in [3.63, 3.8) is 0 Å². The van der Waals surface area contributed by atoms with E-state index in [-0.39, 0.29) is 30.7 Å². The van der Waals surface area contributed by atoms with Crippen molar-refractivity contribution in [2.75, 3.05) is 20.1 Å². The second-order valence-electron chi connectivity index (χ2n) is 5.14. The lowest BCUT2D eigenvalue weighted by Gasteiger charge is -2.22. The third kappa shape index (κ3) is 2.96. The maximum Gasteiger partial charge on any atom is 0.225 e. The predicted octanol–water partition coefficient (Wildman–Crippen LogP) is 0.0816. The highest BCUT2D eigenvalue weighted by atomic mass is 16.4. The second-order valence-corrected chi connectivity index (χ2v) is 5.14. The Morgan fingerprint density at radius 3 is 2.95 bits per heavy atom. The van der Waals surface area contributed by atoms with Crippen LogP contribution in [-0.2, 0) is 15.2 Å². The van der Waals surface area contributed by atoms with Crippen LogP contribution in [0.5, 0.6) is 0 Å². The van der Waals surface area contributed by atoms with Crippen molar-refractivity contribution in [3.05, 3.63) is 24.2 Å². The molecule has 6 nitrogen and oxygen atoms in total. The van der Waals surface area contributed by atoms with Crippen molar-refractivity contribution >= 4 is 11.8 Å². The molecule has 0 radical (unpaired) electrons. The molecule has 0 aromatic carbocycles. The standard InChI is InChI=1S/C13H18N2O4/c1-13(18,10-4-3-5-19-10)8-14-12(17)9-6-11(16)15(2)7-9/h3-5,9,18H,6-8H2,1-2H3,(H,14,17). The average Bonchev–Trinajstić information content (AvgIpc) is 2.98. The van der Waals surface area contributed by atoms with Crippen LogP contribution in [0.4, 0.5) is 0 Å². The molecule has 2 rings (SSSR count). The first kappa shape index (κ1) is 13.6. The number of likely N-dealkylation sites (tertiary alicyclic amines) is 1. The summed E-state index contributed by atoms with van der Waals surface area (Å²) in [6, 6.07) is 3.33. The van der Waals surface area contributed by atoms with Crippen LogP contribution >= 0.6 is 0 Å². The van der Waals surface area contributed by atoms with E-state index >= 15 is 0 Å². The number of rotatable bonds is 4. The molecule has 19 heavy (non-hydrogen) atoms. The first-order valence-corrected chi connectivity index (χ1v) is 6.18. The molecule has 6 heteroatoms. The van der Waals surface area contributed by atoms with Crippen molar-refractivity contribution < 1.29 is 19.1 Å². The van der Waals surface area contributed by atoms with Crippen molar-refractivity contribution in [2.24, 2.45) is 5.92 Å². The lowest BCUT2D eigenvalue weighted by atomic mass is 10.0. The molecule has 104 valence electrons. The molecular formula is C13H18N2O4. The Morgan fingerprint density at radius 2 is 2.42 bits per heavy atom. The molecule has 2 unspecified atom stereocenters. The molecule has 0 bridgehead atoms. The van der Waals surface area contributed by atoms with Gasteiger partial charge in [0, 0.05) is 20.0 Å². The van der Waals surface area contributed by atoms with E-state index in [1.165, 1.54) is 11.2 Å². The van der Waals surface area contributed by atoms with Gasteiger partial charge in [0.1, 0.15) is 11.4 Å². The van der Waals surface area contributed by atoms with Gasteiger partial charge in [-0.2, -0.15) is 0 Å². The molecular weight excluding hydrogens is 248 g/mol. The van der Waals surface area contributed by atoms with Crippen molar-refractivity contribution in [2.45, 2.75) is 18.9 Å². The first-order valence-electron chi connectivity index (χ1n) is 6.18. The number of amides is 2. The van der Waals surface area contributed by atoms with Gasteiger partial charge in [-0.05, 0) is 19.1 Å². The molecule has 0 saturated carbocycles. The number of aliphatic hydroxyl groups is 1. The predicted molar refractivity (Wildman–Crippen MR) is 67.0 cm³/mol. The van der Waals surface area contributed by atoms with E-state index in [0.717, 1.165) is 0 Å². The number of hydrogen-bond donors (Lipinski definition) is 2. The molecule has 0 aliphatic carbocycles. The Balaban J connectivity index is 1.89. The fourth-order valence-electron chi connectivity index (χ4n) is 2.11. The zero-order chi connectivity index (χ0) is 14.0. The third-order valence-electron chi connectivity index (χ3n) is 3.37. The Hall–Kier alpha value is -1.82. The van der Waals surface area contributed by atoms with E-state index in [2.05, 4.69) is 5.32 Å². The van der Waals surface area contributed by atoms with Crippen molar-refractivity contribution in [3.8, 4) is 0 Å². The molecule has 2 atom stereocenters. The summed E-state index contributed by atoms with van der Waals surface area (Å²) < 4.78 is 5.13. The summed E-state index contributed by atoms with van der Waals surface area (Å²) in [6.07, 6.45) is 1.70. The Labute approximate surface area is 111 Å². The minimum absolute atomic E-state index is 0.0297. The number of nitrogens with zero attached hydrogens (tertiary/aromatic N) is 1. The molecule has 1 aromatic heterocycles. The molecule has 1 aliphatic heterocycles. The summed E-state index contributed by atoms with van der Waals surface area (Å²) >= 11 is 0. The Morgan fingerprint density at radius 1 is 1.68 bits per heavy atom.